The molecule has 1 aliphatic rings. The number of nitrogens with zero attached hydrogens (tertiary/aromatic N) is 5. The Morgan fingerprint density at radius 2 is 1.64 bits per heavy atom. The number of anilines is 4. The Balaban J connectivity index is 1.33. The van der Waals surface area contributed by atoms with Crippen molar-refractivity contribution in [3.8, 4) is 23.0 Å². The molecule has 0 bridgehead atoms. The minimum Gasteiger partial charge on any atom is -0.497 e. The maximum atomic E-state index is 15.1. The zero-order valence-electron chi connectivity index (χ0n) is 28.6. The van der Waals surface area contributed by atoms with E-state index in [-0.39, 0.29) is 40.3 Å². The summed E-state index contributed by atoms with van der Waals surface area (Å²) in [5.41, 5.74) is 0.672. The summed E-state index contributed by atoms with van der Waals surface area (Å²) in [5, 5.41) is 2.99. The molecule has 1 fully saturated rings. The lowest BCUT2D eigenvalue weighted by Gasteiger charge is -2.34. The van der Waals surface area contributed by atoms with Crippen LogP contribution in [0.5, 0.6) is 23.0 Å². The largest absolute Gasteiger partial charge is 0.497 e. The molecule has 2 heterocycles. The normalized spacial score (nSPS) is 13.3. The van der Waals surface area contributed by atoms with E-state index in [0.29, 0.717) is 24.6 Å². The van der Waals surface area contributed by atoms with Crippen LogP contribution >= 0.6 is 0 Å². The fourth-order valence-electron chi connectivity index (χ4n) is 5.45. The first-order chi connectivity index (χ1) is 24.3. The van der Waals surface area contributed by atoms with Gasteiger partial charge < -0.3 is 33.9 Å². The minimum atomic E-state index is -0.912. The van der Waals surface area contributed by atoms with E-state index in [1.54, 1.807) is 42.5 Å². The van der Waals surface area contributed by atoms with E-state index in [0.717, 1.165) is 44.0 Å². The van der Waals surface area contributed by atoms with Crippen LogP contribution in [0.25, 0.3) is 0 Å². The van der Waals surface area contributed by atoms with E-state index in [4.69, 9.17) is 23.7 Å². The van der Waals surface area contributed by atoms with Gasteiger partial charge in [-0.2, -0.15) is 4.98 Å². The van der Waals surface area contributed by atoms with E-state index in [1.807, 2.05) is 0 Å². The van der Waals surface area contributed by atoms with Crippen molar-refractivity contribution in [2.75, 3.05) is 77.4 Å². The number of hydrogen-bond donors (Lipinski definition) is 1. The molecule has 1 amide bonds. The SMILES string of the molecule is CCCN1CCN(CCOc2ccc(Nc3nccc(N(C(=O)Oc4ccccc4C(=O)OC)c4ccc(OC)cc4OC)n3)cc2F)CC1. The van der Waals surface area contributed by atoms with E-state index >= 15 is 4.39 Å². The van der Waals surface area contributed by atoms with E-state index in [9.17, 15) is 9.59 Å². The molecular formula is C36H41FN6O7. The number of halogens is 1. The summed E-state index contributed by atoms with van der Waals surface area (Å²) in [6.07, 6.45) is 1.66. The van der Waals surface area contributed by atoms with Gasteiger partial charge in [0.2, 0.25) is 5.95 Å². The van der Waals surface area contributed by atoms with E-state index < -0.39 is 17.9 Å². The van der Waals surface area contributed by atoms with Gasteiger partial charge in [-0.15, -0.1) is 0 Å². The Kier molecular flexibility index (Phi) is 12.4. The van der Waals surface area contributed by atoms with Gasteiger partial charge in [-0.3, -0.25) is 4.90 Å². The molecule has 0 spiro atoms. The third-order valence-electron chi connectivity index (χ3n) is 8.03. The predicted molar refractivity (Wildman–Crippen MR) is 186 cm³/mol. The Morgan fingerprint density at radius 1 is 0.880 bits per heavy atom. The van der Waals surface area contributed by atoms with Crippen molar-refractivity contribution in [2.24, 2.45) is 0 Å². The van der Waals surface area contributed by atoms with Crippen molar-refractivity contribution >= 4 is 35.2 Å². The summed E-state index contributed by atoms with van der Waals surface area (Å²) < 4.78 is 42.3. The summed E-state index contributed by atoms with van der Waals surface area (Å²) in [5.74, 6) is -0.201. The van der Waals surface area contributed by atoms with Gasteiger partial charge in [0.1, 0.15) is 35.2 Å². The average Bonchev–Trinajstić information content (AvgIpc) is 3.13. The van der Waals surface area contributed by atoms with E-state index in [2.05, 4.69) is 32.0 Å². The molecule has 1 aromatic heterocycles. The van der Waals surface area contributed by atoms with Gasteiger partial charge in [0.15, 0.2) is 11.6 Å². The fourth-order valence-corrected chi connectivity index (χ4v) is 5.45. The number of benzene rings is 3. The van der Waals surface area contributed by atoms with E-state index in [1.165, 1.54) is 51.8 Å². The van der Waals surface area contributed by atoms with Crippen LogP contribution in [-0.2, 0) is 4.74 Å². The number of aromatic nitrogens is 2. The highest BCUT2D eigenvalue weighted by Crippen LogP contribution is 2.37. The quantitative estimate of drug-likeness (QED) is 0.158. The molecule has 0 unspecified atom stereocenters. The summed E-state index contributed by atoms with van der Waals surface area (Å²) >= 11 is 0. The van der Waals surface area contributed by atoms with Crippen LogP contribution in [0.15, 0.2) is 72.9 Å². The predicted octanol–water partition coefficient (Wildman–Crippen LogP) is 5.91. The van der Waals surface area contributed by atoms with Crippen molar-refractivity contribution in [3.63, 3.8) is 0 Å². The second-order valence-corrected chi connectivity index (χ2v) is 11.3. The van der Waals surface area contributed by atoms with Crippen LogP contribution in [0.3, 0.4) is 0 Å². The van der Waals surface area contributed by atoms with Crippen LogP contribution < -0.4 is 29.2 Å². The Morgan fingerprint density at radius 3 is 2.34 bits per heavy atom. The minimum absolute atomic E-state index is 0.0263. The van der Waals surface area contributed by atoms with Crippen LogP contribution in [0.1, 0.15) is 23.7 Å². The summed E-state index contributed by atoms with van der Waals surface area (Å²) in [4.78, 5) is 41.0. The first-order valence-corrected chi connectivity index (χ1v) is 16.2. The first kappa shape index (κ1) is 35.8. The zero-order chi connectivity index (χ0) is 35.5. The molecule has 0 atom stereocenters. The number of hydrogen-bond acceptors (Lipinski definition) is 12. The Labute approximate surface area is 290 Å². The second-order valence-electron chi connectivity index (χ2n) is 11.3. The highest BCUT2D eigenvalue weighted by molar-refractivity contribution is 6.00. The van der Waals surface area contributed by atoms with Gasteiger partial charge >= 0.3 is 12.1 Å². The fraction of sp³-hybridized carbons (Fsp3) is 0.333. The number of methoxy groups -OCH3 is 3. The third kappa shape index (κ3) is 8.95. The monoisotopic (exact) mass is 688 g/mol. The highest BCUT2D eigenvalue weighted by atomic mass is 19.1. The van der Waals surface area contributed by atoms with Crippen molar-refractivity contribution in [2.45, 2.75) is 13.3 Å². The van der Waals surface area contributed by atoms with Gasteiger partial charge in [0.25, 0.3) is 0 Å². The number of para-hydroxylation sites is 1. The highest BCUT2D eigenvalue weighted by Gasteiger charge is 2.28. The number of carbonyl (C=O) groups is 2. The van der Waals surface area contributed by atoms with Crippen LogP contribution in [0, 0.1) is 5.82 Å². The zero-order valence-corrected chi connectivity index (χ0v) is 28.6. The molecule has 3 aromatic carbocycles. The number of piperazine rings is 1. The lowest BCUT2D eigenvalue weighted by atomic mass is 10.2. The van der Waals surface area contributed by atoms with Crippen LogP contribution in [0.2, 0.25) is 0 Å². The molecule has 0 saturated carbocycles. The van der Waals surface area contributed by atoms with Crippen molar-refractivity contribution in [1.82, 2.24) is 19.8 Å². The maximum Gasteiger partial charge on any atom is 0.425 e. The van der Waals surface area contributed by atoms with Gasteiger partial charge in [0, 0.05) is 62.8 Å². The maximum absolute atomic E-state index is 15.1. The Bertz CT molecular complexity index is 1770. The van der Waals surface area contributed by atoms with Gasteiger partial charge in [-0.1, -0.05) is 19.1 Å². The van der Waals surface area contributed by atoms with Gasteiger partial charge in [-0.05, 0) is 49.4 Å². The number of amides is 1. The van der Waals surface area contributed by atoms with Crippen LogP contribution in [-0.4, -0.2) is 99.0 Å². The number of ether oxygens (including phenoxy) is 5. The Hall–Kier alpha value is -5.47. The smallest absolute Gasteiger partial charge is 0.425 e. The molecule has 13 nitrogen and oxygen atoms in total. The molecule has 50 heavy (non-hydrogen) atoms. The summed E-state index contributed by atoms with van der Waals surface area (Å²) in [7, 11) is 4.18. The molecule has 0 radical (unpaired) electrons. The number of rotatable bonds is 14. The van der Waals surface area contributed by atoms with Crippen molar-refractivity contribution in [1.29, 1.82) is 0 Å². The summed E-state index contributed by atoms with van der Waals surface area (Å²) in [6, 6.07) is 17.0. The second kappa shape index (κ2) is 17.3. The molecule has 5 rings (SSSR count). The lowest BCUT2D eigenvalue weighted by Crippen LogP contribution is -2.47. The standard InChI is InChI=1S/C36H41FN6O7/c1-5-16-41-17-19-42(20-18-41)21-22-49-31-13-10-25(23-28(31)37)39-35-38-15-14-33(40-35)43(29-12-11-26(46-2)24-32(29)47-3)36(45)50-30-9-7-6-8-27(30)34(44)48-4/h6-15,23-24H,5,16-22H2,1-4H3,(H,38,39,40). The molecule has 14 heteroatoms. The molecule has 264 valence electrons. The summed E-state index contributed by atoms with van der Waals surface area (Å²) in [6.45, 7) is 8.37. The molecule has 4 aromatic rings. The number of esters is 1. The van der Waals surface area contributed by atoms with Crippen LogP contribution in [0.4, 0.5) is 32.3 Å². The molecular weight excluding hydrogens is 647 g/mol. The molecule has 1 N–H and O–H groups in total. The van der Waals surface area contributed by atoms with Gasteiger partial charge in [-0.25, -0.2) is 23.9 Å². The number of carbonyl (C=O) groups excluding carboxylic acids is 2. The number of nitrogens with one attached hydrogen (secondary N) is 1. The average molecular weight is 689 g/mol. The van der Waals surface area contributed by atoms with Gasteiger partial charge in [0.05, 0.1) is 27.0 Å². The third-order valence-corrected chi connectivity index (χ3v) is 8.03. The first-order valence-electron chi connectivity index (χ1n) is 16.2. The molecule has 0 aliphatic carbocycles. The topological polar surface area (TPSA) is 128 Å². The van der Waals surface area contributed by atoms with Crippen molar-refractivity contribution in [3.05, 3.63) is 84.3 Å². The lowest BCUT2D eigenvalue weighted by molar-refractivity contribution is 0.0598. The molecule has 1 saturated heterocycles. The van der Waals surface area contributed by atoms with Crippen molar-refractivity contribution < 1.29 is 37.7 Å². The molecule has 1 aliphatic heterocycles.